The Hall–Kier alpha value is -2.09. The van der Waals surface area contributed by atoms with E-state index >= 15 is 0 Å². The van der Waals surface area contributed by atoms with Crippen LogP contribution >= 0.6 is 0 Å². The van der Waals surface area contributed by atoms with E-state index in [2.05, 4.69) is 49.4 Å². The van der Waals surface area contributed by atoms with Crippen molar-refractivity contribution in [3.05, 3.63) is 53.6 Å². The Kier molecular flexibility index (Phi) is 9.65. The fraction of sp³-hybridized carbons (Fsp3) is 0.594. The minimum Gasteiger partial charge on any atom is -0.507 e. The van der Waals surface area contributed by atoms with Crippen LogP contribution in [-0.4, -0.2) is 17.4 Å². The topological polar surface area (TPSA) is 32.6 Å². The van der Waals surface area contributed by atoms with Crippen molar-refractivity contribution < 1.29 is 5.11 Å². The molecule has 2 fully saturated rings. The van der Waals surface area contributed by atoms with E-state index in [9.17, 15) is 5.11 Å². The molecule has 2 saturated carbocycles. The van der Waals surface area contributed by atoms with Crippen LogP contribution in [0, 0.1) is 5.92 Å². The van der Waals surface area contributed by atoms with E-state index < -0.39 is 0 Å². The summed E-state index contributed by atoms with van der Waals surface area (Å²) in [5.74, 6) is 1.54. The zero-order chi connectivity index (χ0) is 23.6. The number of phenolic OH excluding ortho intramolecular Hbond substituents is 1. The molecule has 2 nitrogen and oxygen atoms in total. The Bertz CT molecular complexity index is 891. The van der Waals surface area contributed by atoms with Crippen LogP contribution < -0.4 is 0 Å². The number of phenols is 1. The maximum atomic E-state index is 11.5. The van der Waals surface area contributed by atoms with E-state index in [-0.39, 0.29) is 0 Å². The highest BCUT2D eigenvalue weighted by atomic mass is 16.3. The molecule has 0 radical (unpaired) electrons. The summed E-state index contributed by atoms with van der Waals surface area (Å²) in [5.41, 5.74) is 4.48. The van der Waals surface area contributed by atoms with Crippen LogP contribution in [0.2, 0.25) is 0 Å². The molecule has 4 rings (SSSR count). The maximum absolute atomic E-state index is 11.5. The van der Waals surface area contributed by atoms with Crippen LogP contribution in [0.1, 0.15) is 120 Å². The quantitative estimate of drug-likeness (QED) is 0.454. The van der Waals surface area contributed by atoms with Gasteiger partial charge in [0.15, 0.2) is 0 Å². The molecule has 2 aromatic rings. The Labute approximate surface area is 207 Å². The highest BCUT2D eigenvalue weighted by molar-refractivity contribution is 5.87. The van der Waals surface area contributed by atoms with Gasteiger partial charge in [-0.15, -0.1) is 0 Å². The minimum absolute atomic E-state index is 0.387. The lowest BCUT2D eigenvalue weighted by Gasteiger charge is -2.25. The van der Waals surface area contributed by atoms with Crippen LogP contribution in [-0.2, 0) is 0 Å². The zero-order valence-corrected chi connectivity index (χ0v) is 21.4. The summed E-state index contributed by atoms with van der Waals surface area (Å²) in [5, 5.41) is 11.5. The van der Waals surface area contributed by atoms with Crippen molar-refractivity contribution in [2.24, 2.45) is 10.9 Å². The highest BCUT2D eigenvalue weighted by Crippen LogP contribution is 2.39. The van der Waals surface area contributed by atoms with Crippen LogP contribution in [0.4, 0.5) is 0 Å². The SMILES string of the molecule is CC1CCCCC1N=Cc1cc(-c2ccccc2)cc(C2CCCCCCCCCCC2)c1O. The van der Waals surface area contributed by atoms with Gasteiger partial charge in [-0.3, -0.25) is 4.99 Å². The summed E-state index contributed by atoms with van der Waals surface area (Å²) in [6, 6.07) is 15.5. The van der Waals surface area contributed by atoms with E-state index in [1.807, 2.05) is 6.21 Å². The molecule has 0 bridgehead atoms. The van der Waals surface area contributed by atoms with Crippen LogP contribution in [0.5, 0.6) is 5.75 Å². The first-order valence-electron chi connectivity index (χ1n) is 14.2. The molecule has 2 aliphatic carbocycles. The van der Waals surface area contributed by atoms with Crippen molar-refractivity contribution >= 4 is 6.21 Å². The van der Waals surface area contributed by atoms with Gasteiger partial charge in [0, 0.05) is 11.8 Å². The number of aliphatic imine (C=N–C) groups is 1. The van der Waals surface area contributed by atoms with Gasteiger partial charge in [0.2, 0.25) is 0 Å². The van der Waals surface area contributed by atoms with E-state index in [1.54, 1.807) is 0 Å². The molecule has 2 aliphatic rings. The fourth-order valence-electron chi connectivity index (χ4n) is 6.06. The lowest BCUT2D eigenvalue weighted by atomic mass is 9.84. The molecule has 2 heteroatoms. The van der Waals surface area contributed by atoms with Gasteiger partial charge in [0.25, 0.3) is 0 Å². The third kappa shape index (κ3) is 6.96. The molecular formula is C32H45NO. The van der Waals surface area contributed by atoms with Gasteiger partial charge in [-0.05, 0) is 66.3 Å². The first kappa shape index (κ1) is 25.0. The average Bonchev–Trinajstić information content (AvgIpc) is 2.85. The molecule has 0 aliphatic heterocycles. The molecule has 0 saturated heterocycles. The minimum atomic E-state index is 0.387. The van der Waals surface area contributed by atoms with Gasteiger partial charge >= 0.3 is 0 Å². The first-order valence-corrected chi connectivity index (χ1v) is 14.2. The Morgan fingerprint density at radius 2 is 1.29 bits per heavy atom. The lowest BCUT2D eigenvalue weighted by molar-refractivity contribution is 0.333. The third-order valence-corrected chi connectivity index (χ3v) is 8.29. The summed E-state index contributed by atoms with van der Waals surface area (Å²) in [6.45, 7) is 2.33. The monoisotopic (exact) mass is 459 g/mol. The predicted molar refractivity (Wildman–Crippen MR) is 146 cm³/mol. The van der Waals surface area contributed by atoms with E-state index in [4.69, 9.17) is 4.99 Å². The number of rotatable bonds is 4. The molecule has 0 amide bonds. The second-order valence-corrected chi connectivity index (χ2v) is 10.9. The van der Waals surface area contributed by atoms with Crippen LogP contribution in [0.15, 0.2) is 47.5 Å². The van der Waals surface area contributed by atoms with Gasteiger partial charge in [0.05, 0.1) is 6.04 Å². The lowest BCUT2D eigenvalue weighted by Crippen LogP contribution is -2.20. The number of nitrogens with zero attached hydrogens (tertiary/aromatic N) is 1. The molecule has 184 valence electrons. The van der Waals surface area contributed by atoms with Crippen LogP contribution in [0.3, 0.4) is 0 Å². The third-order valence-electron chi connectivity index (χ3n) is 8.29. The van der Waals surface area contributed by atoms with Crippen molar-refractivity contribution in [2.75, 3.05) is 0 Å². The van der Waals surface area contributed by atoms with E-state index in [0.717, 1.165) is 11.1 Å². The standard InChI is InChI=1S/C32H45NO/c1-25-16-14-15-21-31(25)33-24-29-22-28(26-17-12-9-13-18-26)23-30(32(29)34)27-19-10-7-5-3-2-4-6-8-11-20-27/h9,12-13,17-18,22-25,27,31,34H,2-8,10-11,14-16,19-21H2,1H3. The maximum Gasteiger partial charge on any atom is 0.127 e. The largest absolute Gasteiger partial charge is 0.507 e. The van der Waals surface area contributed by atoms with Gasteiger partial charge in [-0.25, -0.2) is 0 Å². The first-order chi connectivity index (χ1) is 16.7. The Morgan fingerprint density at radius 3 is 1.94 bits per heavy atom. The summed E-state index contributed by atoms with van der Waals surface area (Å²) >= 11 is 0. The van der Waals surface area contributed by atoms with E-state index in [0.29, 0.717) is 23.6 Å². The van der Waals surface area contributed by atoms with Crippen molar-refractivity contribution in [3.63, 3.8) is 0 Å². The van der Waals surface area contributed by atoms with Crippen molar-refractivity contribution in [1.29, 1.82) is 0 Å². The number of benzene rings is 2. The van der Waals surface area contributed by atoms with Gasteiger partial charge < -0.3 is 5.11 Å². The molecule has 2 aromatic carbocycles. The molecular weight excluding hydrogens is 414 g/mol. The van der Waals surface area contributed by atoms with Gasteiger partial charge in [0.1, 0.15) is 5.75 Å². The molecule has 0 aromatic heterocycles. The fourth-order valence-corrected chi connectivity index (χ4v) is 6.06. The molecule has 34 heavy (non-hydrogen) atoms. The zero-order valence-electron chi connectivity index (χ0n) is 21.4. The Balaban J connectivity index is 1.65. The van der Waals surface area contributed by atoms with Crippen LogP contribution in [0.25, 0.3) is 11.1 Å². The second-order valence-electron chi connectivity index (χ2n) is 10.9. The number of hydrogen-bond acceptors (Lipinski definition) is 2. The Morgan fingerprint density at radius 1 is 0.706 bits per heavy atom. The summed E-state index contributed by atoms with van der Waals surface area (Å²) < 4.78 is 0. The average molecular weight is 460 g/mol. The normalized spacial score (nSPS) is 23.9. The highest BCUT2D eigenvalue weighted by Gasteiger charge is 2.22. The van der Waals surface area contributed by atoms with Crippen molar-refractivity contribution in [2.45, 2.75) is 115 Å². The summed E-state index contributed by atoms with van der Waals surface area (Å²) in [7, 11) is 0. The van der Waals surface area contributed by atoms with Crippen molar-refractivity contribution in [1.82, 2.24) is 0 Å². The van der Waals surface area contributed by atoms with E-state index in [1.165, 1.54) is 107 Å². The number of hydrogen-bond donors (Lipinski definition) is 1. The second kappa shape index (κ2) is 13.1. The molecule has 2 atom stereocenters. The number of aromatic hydroxyl groups is 1. The molecule has 0 heterocycles. The van der Waals surface area contributed by atoms with Crippen molar-refractivity contribution in [3.8, 4) is 16.9 Å². The van der Waals surface area contributed by atoms with Gasteiger partial charge in [-0.2, -0.15) is 0 Å². The molecule has 2 unspecified atom stereocenters. The molecule has 0 spiro atoms. The summed E-state index contributed by atoms with van der Waals surface area (Å²) in [6.07, 6.45) is 21.5. The molecule has 1 N–H and O–H groups in total. The van der Waals surface area contributed by atoms with Gasteiger partial charge in [-0.1, -0.05) is 108 Å². The smallest absolute Gasteiger partial charge is 0.127 e. The summed E-state index contributed by atoms with van der Waals surface area (Å²) in [4.78, 5) is 5.02. The predicted octanol–water partition coefficient (Wildman–Crippen LogP) is 9.45.